The van der Waals surface area contributed by atoms with E-state index < -0.39 is 35.7 Å². The Kier molecular flexibility index (Phi) is 9.47. The van der Waals surface area contributed by atoms with Crippen LogP contribution in [0.5, 0.6) is 0 Å². The number of carbonyl (C=O) groups is 2. The maximum Gasteiger partial charge on any atom is 0.407 e. The van der Waals surface area contributed by atoms with Crippen molar-refractivity contribution in [1.82, 2.24) is 5.32 Å². The molecule has 0 radical (unpaired) electrons. The number of halogens is 2. The van der Waals surface area contributed by atoms with E-state index in [9.17, 15) is 19.1 Å². The predicted molar refractivity (Wildman–Crippen MR) is 130 cm³/mol. The van der Waals surface area contributed by atoms with E-state index in [-0.39, 0.29) is 25.3 Å². The highest BCUT2D eigenvalue weighted by molar-refractivity contribution is 6.31. The number of hydrogen-bond acceptors (Lipinski definition) is 5. The van der Waals surface area contributed by atoms with Gasteiger partial charge in [-0.05, 0) is 70.7 Å². The number of rotatable bonds is 9. The highest BCUT2D eigenvalue weighted by Gasteiger charge is 2.38. The first-order valence-corrected chi connectivity index (χ1v) is 11.6. The maximum absolute atomic E-state index is 14.2. The molecule has 2 aromatic carbocycles. The molecule has 6 nitrogen and oxygen atoms in total. The van der Waals surface area contributed by atoms with Crippen LogP contribution in [0.4, 0.5) is 9.18 Å². The van der Waals surface area contributed by atoms with E-state index in [1.807, 2.05) is 0 Å². The first-order chi connectivity index (χ1) is 15.9. The molecular formula is C26H33ClFNO5. The van der Waals surface area contributed by atoms with E-state index in [0.29, 0.717) is 21.7 Å². The Bertz CT molecular complexity index is 1010. The quantitative estimate of drug-likeness (QED) is 0.448. The third-order valence-corrected chi connectivity index (χ3v) is 5.59. The zero-order chi connectivity index (χ0) is 25.5. The molecule has 1 amide bonds. The molecule has 0 aromatic heterocycles. The number of amides is 1. The second kappa shape index (κ2) is 11.7. The Labute approximate surface area is 205 Å². The smallest absolute Gasteiger partial charge is 0.407 e. The van der Waals surface area contributed by atoms with Crippen LogP contribution >= 0.6 is 11.6 Å². The molecule has 0 saturated heterocycles. The highest BCUT2D eigenvalue weighted by Crippen LogP contribution is 2.31. The molecule has 0 aliphatic heterocycles. The van der Waals surface area contributed by atoms with Crippen LogP contribution in [0.25, 0.3) is 11.1 Å². The molecule has 34 heavy (non-hydrogen) atoms. The van der Waals surface area contributed by atoms with Crippen molar-refractivity contribution in [3.05, 3.63) is 58.9 Å². The van der Waals surface area contributed by atoms with Gasteiger partial charge in [0.15, 0.2) is 0 Å². The highest BCUT2D eigenvalue weighted by atomic mass is 35.5. The van der Waals surface area contributed by atoms with Crippen molar-refractivity contribution in [2.75, 3.05) is 13.2 Å². The predicted octanol–water partition coefficient (Wildman–Crippen LogP) is 5.53. The number of ether oxygens (including phenoxy) is 2. The Morgan fingerprint density at radius 2 is 1.82 bits per heavy atom. The van der Waals surface area contributed by atoms with Gasteiger partial charge in [-0.1, -0.05) is 41.9 Å². The summed E-state index contributed by atoms with van der Waals surface area (Å²) in [5, 5.41) is 13.1. The summed E-state index contributed by atoms with van der Waals surface area (Å²) in [6.07, 6.45) is -0.307. The first kappa shape index (κ1) is 27.6. The van der Waals surface area contributed by atoms with Crippen LogP contribution in [0.1, 0.15) is 46.6 Å². The lowest BCUT2D eigenvalue weighted by Crippen LogP contribution is -2.46. The largest absolute Gasteiger partial charge is 0.466 e. The van der Waals surface area contributed by atoms with Gasteiger partial charge >= 0.3 is 12.1 Å². The molecular weight excluding hydrogens is 461 g/mol. The van der Waals surface area contributed by atoms with Gasteiger partial charge in [0.2, 0.25) is 0 Å². The summed E-state index contributed by atoms with van der Waals surface area (Å²) in [5.41, 5.74) is -0.221. The minimum absolute atomic E-state index is 0.0902. The van der Waals surface area contributed by atoms with Crippen LogP contribution in [0.15, 0.2) is 42.5 Å². The number of hydrogen-bond donors (Lipinski definition) is 2. The zero-order valence-corrected chi connectivity index (χ0v) is 21.0. The lowest BCUT2D eigenvalue weighted by Gasteiger charge is -2.31. The summed E-state index contributed by atoms with van der Waals surface area (Å²) in [5.74, 6) is -0.918. The van der Waals surface area contributed by atoms with Gasteiger partial charge in [-0.25, -0.2) is 9.18 Å². The monoisotopic (exact) mass is 493 g/mol. The van der Waals surface area contributed by atoms with E-state index >= 15 is 0 Å². The number of alkyl carbamates (subject to hydrolysis) is 1. The number of aliphatic hydroxyl groups is 1. The average Bonchev–Trinajstić information content (AvgIpc) is 2.74. The second-order valence-corrected chi connectivity index (χ2v) is 9.88. The number of esters is 1. The van der Waals surface area contributed by atoms with Gasteiger partial charge < -0.3 is 19.9 Å². The van der Waals surface area contributed by atoms with Crippen molar-refractivity contribution >= 4 is 23.7 Å². The van der Waals surface area contributed by atoms with E-state index in [2.05, 4.69) is 5.32 Å². The van der Waals surface area contributed by atoms with E-state index in [1.165, 1.54) is 6.07 Å². The van der Waals surface area contributed by atoms with E-state index in [4.69, 9.17) is 21.1 Å². The number of benzene rings is 2. The fraction of sp³-hybridized carbons (Fsp3) is 0.462. The zero-order valence-electron chi connectivity index (χ0n) is 20.3. The Morgan fingerprint density at radius 1 is 1.15 bits per heavy atom. The van der Waals surface area contributed by atoms with Gasteiger partial charge in [0.1, 0.15) is 11.4 Å². The summed E-state index contributed by atoms with van der Waals surface area (Å²) < 4.78 is 24.7. The fourth-order valence-corrected chi connectivity index (χ4v) is 3.81. The van der Waals surface area contributed by atoms with Gasteiger partial charge in [0.25, 0.3) is 0 Å². The molecule has 8 heteroatoms. The summed E-state index contributed by atoms with van der Waals surface area (Å²) in [7, 11) is 0. The topological polar surface area (TPSA) is 84.9 Å². The van der Waals surface area contributed by atoms with E-state index in [1.54, 1.807) is 71.0 Å². The molecule has 0 aliphatic rings. The van der Waals surface area contributed by atoms with Crippen LogP contribution in [0.3, 0.4) is 0 Å². The maximum atomic E-state index is 14.2. The lowest BCUT2D eigenvalue weighted by molar-refractivity contribution is -0.157. The standard InChI is InChI=1S/C26H33ClFNO5/c1-6-33-23(31)26(5,16-30)15-19(29-24(32)34-25(2,3)4)13-18-12-11-17(14-21(18)27)20-9-7-8-10-22(20)28/h7-12,14,19,30H,6,13,15-16H2,1-5H3,(H,29,32)/t19-,26?/m0/s1. The molecule has 0 saturated carbocycles. The number of nitrogens with one attached hydrogen (secondary N) is 1. The van der Waals surface area contributed by atoms with Crippen molar-refractivity contribution in [2.24, 2.45) is 5.41 Å². The third kappa shape index (κ3) is 7.71. The van der Waals surface area contributed by atoms with Crippen molar-refractivity contribution in [1.29, 1.82) is 0 Å². The van der Waals surface area contributed by atoms with Crippen molar-refractivity contribution < 1.29 is 28.6 Å². The molecule has 0 bridgehead atoms. The van der Waals surface area contributed by atoms with Crippen LogP contribution in [-0.4, -0.2) is 42.0 Å². The SMILES string of the molecule is CCOC(=O)C(C)(CO)C[C@H](Cc1ccc(-c2ccccc2F)cc1Cl)NC(=O)OC(C)(C)C. The summed E-state index contributed by atoms with van der Waals surface area (Å²) in [4.78, 5) is 25.0. The molecule has 1 unspecified atom stereocenters. The fourth-order valence-electron chi connectivity index (χ4n) is 3.55. The molecule has 2 rings (SSSR count). The van der Waals surface area contributed by atoms with E-state index in [0.717, 1.165) is 0 Å². The summed E-state index contributed by atoms with van der Waals surface area (Å²) >= 11 is 6.53. The molecule has 2 atom stereocenters. The number of carbonyl (C=O) groups excluding carboxylic acids is 2. The second-order valence-electron chi connectivity index (χ2n) is 9.48. The molecule has 0 heterocycles. The molecule has 2 aromatic rings. The lowest BCUT2D eigenvalue weighted by atomic mass is 9.82. The Morgan fingerprint density at radius 3 is 2.38 bits per heavy atom. The first-order valence-electron chi connectivity index (χ1n) is 11.2. The van der Waals surface area contributed by atoms with Crippen LogP contribution < -0.4 is 5.32 Å². The summed E-state index contributed by atoms with van der Waals surface area (Å²) in [6.45, 7) is 8.21. The van der Waals surface area contributed by atoms with Gasteiger partial charge in [-0.2, -0.15) is 0 Å². The van der Waals surface area contributed by atoms with Gasteiger partial charge in [0.05, 0.1) is 18.6 Å². The normalized spacial score (nSPS) is 14.1. The van der Waals surface area contributed by atoms with Gasteiger partial charge in [-0.15, -0.1) is 0 Å². The third-order valence-electron chi connectivity index (χ3n) is 5.24. The average molecular weight is 494 g/mol. The van der Waals surface area contributed by atoms with Crippen molar-refractivity contribution in [3.63, 3.8) is 0 Å². The van der Waals surface area contributed by atoms with Gasteiger partial charge in [0, 0.05) is 16.6 Å². The number of aliphatic hydroxyl groups excluding tert-OH is 1. The molecule has 2 N–H and O–H groups in total. The van der Waals surface area contributed by atoms with Crippen molar-refractivity contribution in [2.45, 2.75) is 59.1 Å². The van der Waals surface area contributed by atoms with Crippen LogP contribution in [-0.2, 0) is 20.7 Å². The Balaban J connectivity index is 2.32. The van der Waals surface area contributed by atoms with Gasteiger partial charge in [-0.3, -0.25) is 4.79 Å². The molecule has 0 spiro atoms. The van der Waals surface area contributed by atoms with Crippen molar-refractivity contribution in [3.8, 4) is 11.1 Å². The minimum atomic E-state index is -1.24. The molecule has 186 valence electrons. The minimum Gasteiger partial charge on any atom is -0.466 e. The van der Waals surface area contributed by atoms with Crippen LogP contribution in [0, 0.1) is 11.2 Å². The van der Waals surface area contributed by atoms with Crippen LogP contribution in [0.2, 0.25) is 5.02 Å². The molecule has 0 fully saturated rings. The molecule has 0 aliphatic carbocycles. The summed E-state index contributed by atoms with van der Waals surface area (Å²) in [6, 6.07) is 11.0. The Hall–Kier alpha value is -2.64.